The molecule has 0 unspecified atom stereocenters. The van der Waals surface area contributed by atoms with Crippen LogP contribution in [-0.2, 0) is 14.3 Å². The molecule has 0 saturated carbocycles. The Morgan fingerprint density at radius 3 is 2.45 bits per heavy atom. The highest BCUT2D eigenvalue weighted by molar-refractivity contribution is 5.94. The van der Waals surface area contributed by atoms with Crippen molar-refractivity contribution in [1.82, 2.24) is 10.6 Å². The van der Waals surface area contributed by atoms with E-state index in [1.165, 1.54) is 0 Å². The smallest absolute Gasteiger partial charge is 0.321 e. The van der Waals surface area contributed by atoms with E-state index in [2.05, 4.69) is 17.2 Å². The summed E-state index contributed by atoms with van der Waals surface area (Å²) in [5.41, 5.74) is 0.894. The van der Waals surface area contributed by atoms with Gasteiger partial charge in [0.1, 0.15) is 0 Å². The number of carbonyl (C=O) groups excluding carboxylic acids is 2. The van der Waals surface area contributed by atoms with Crippen molar-refractivity contribution in [2.24, 2.45) is 0 Å². The van der Waals surface area contributed by atoms with Crippen molar-refractivity contribution in [3.8, 4) is 0 Å². The third kappa shape index (κ3) is 12.6. The molecule has 114 valence electrons. The molecule has 20 heavy (non-hydrogen) atoms. The highest BCUT2D eigenvalue weighted by Gasteiger charge is 2.07. The van der Waals surface area contributed by atoms with E-state index in [4.69, 9.17) is 9.84 Å². The maximum absolute atomic E-state index is 11.3. The van der Waals surface area contributed by atoms with E-state index in [0.717, 1.165) is 5.57 Å². The van der Waals surface area contributed by atoms with Gasteiger partial charge in [-0.25, -0.2) is 4.79 Å². The summed E-state index contributed by atoms with van der Waals surface area (Å²) in [5.74, 6) is -1.31. The third-order valence-electron chi connectivity index (χ3n) is 2.18. The van der Waals surface area contributed by atoms with Gasteiger partial charge in [0.05, 0.1) is 13.2 Å². The van der Waals surface area contributed by atoms with Crippen molar-refractivity contribution in [2.75, 3.05) is 19.8 Å². The van der Waals surface area contributed by atoms with E-state index in [0.29, 0.717) is 32.6 Å². The van der Waals surface area contributed by atoms with Crippen LogP contribution >= 0.6 is 0 Å². The van der Waals surface area contributed by atoms with Crippen LogP contribution in [0.5, 0.6) is 0 Å². The average Bonchev–Trinajstić information content (AvgIpc) is 2.33. The summed E-state index contributed by atoms with van der Waals surface area (Å²) in [5, 5.41) is 13.1. The van der Waals surface area contributed by atoms with Crippen LogP contribution in [0.4, 0.5) is 4.79 Å². The number of hydrogen-bond acceptors (Lipinski definition) is 4. The third-order valence-corrected chi connectivity index (χ3v) is 2.18. The molecule has 7 heteroatoms. The van der Waals surface area contributed by atoms with Gasteiger partial charge in [0.2, 0.25) is 5.91 Å². The Bertz CT molecular complexity index is 355. The number of carboxylic acids is 1. The summed E-state index contributed by atoms with van der Waals surface area (Å²) >= 11 is 0. The van der Waals surface area contributed by atoms with Gasteiger partial charge < -0.3 is 15.2 Å². The Balaban J connectivity index is 3.52. The molecule has 0 aromatic heterocycles. The highest BCUT2D eigenvalue weighted by Crippen LogP contribution is 1.99. The van der Waals surface area contributed by atoms with Crippen molar-refractivity contribution >= 4 is 17.9 Å². The van der Waals surface area contributed by atoms with Crippen LogP contribution in [0.3, 0.4) is 0 Å². The van der Waals surface area contributed by atoms with Crippen molar-refractivity contribution in [3.63, 3.8) is 0 Å². The van der Waals surface area contributed by atoms with Gasteiger partial charge in [-0.15, -0.1) is 0 Å². The maximum atomic E-state index is 11.3. The number of hydrogen-bond donors (Lipinski definition) is 3. The first-order valence-electron chi connectivity index (χ1n) is 6.43. The van der Waals surface area contributed by atoms with Crippen LogP contribution < -0.4 is 10.6 Å². The molecule has 0 fully saturated rings. The van der Waals surface area contributed by atoms with Crippen LogP contribution in [0, 0.1) is 0 Å². The summed E-state index contributed by atoms with van der Waals surface area (Å²) < 4.78 is 5.17. The van der Waals surface area contributed by atoms with E-state index < -0.39 is 17.9 Å². The number of carboxylic acid groups (broad SMARTS) is 1. The van der Waals surface area contributed by atoms with Crippen LogP contribution in [0.2, 0.25) is 0 Å². The standard InChI is InChI=1S/C13H22N2O5/c1-10(2)9-20-8-7-14-13(19)15-11(16)5-3-4-6-12(17)18/h1,3-9H2,2H3,(H,17,18)(H2,14,15,16,19). The predicted molar refractivity (Wildman–Crippen MR) is 73.3 cm³/mol. The minimum atomic E-state index is -0.891. The summed E-state index contributed by atoms with van der Waals surface area (Å²) in [4.78, 5) is 32.8. The molecule has 0 saturated heterocycles. The van der Waals surface area contributed by atoms with Gasteiger partial charge in [0.25, 0.3) is 0 Å². The number of unbranched alkanes of at least 4 members (excludes halogenated alkanes) is 1. The van der Waals surface area contributed by atoms with Gasteiger partial charge in [-0.2, -0.15) is 0 Å². The number of ether oxygens (including phenoxy) is 1. The van der Waals surface area contributed by atoms with Gasteiger partial charge in [-0.05, 0) is 19.8 Å². The molecule has 0 rings (SSSR count). The molecular formula is C13H22N2O5. The van der Waals surface area contributed by atoms with Crippen molar-refractivity contribution < 1.29 is 24.2 Å². The van der Waals surface area contributed by atoms with Gasteiger partial charge in [-0.3, -0.25) is 14.9 Å². The molecule has 0 aromatic carbocycles. The Hall–Kier alpha value is -1.89. The second-order valence-electron chi connectivity index (χ2n) is 4.41. The van der Waals surface area contributed by atoms with Gasteiger partial charge in [0.15, 0.2) is 0 Å². The van der Waals surface area contributed by atoms with Gasteiger partial charge >= 0.3 is 12.0 Å². The largest absolute Gasteiger partial charge is 0.481 e. The highest BCUT2D eigenvalue weighted by atomic mass is 16.5. The van der Waals surface area contributed by atoms with Crippen LogP contribution in [0.25, 0.3) is 0 Å². The molecule has 0 aromatic rings. The number of amides is 3. The van der Waals surface area contributed by atoms with E-state index in [9.17, 15) is 14.4 Å². The van der Waals surface area contributed by atoms with E-state index in [1.807, 2.05) is 6.92 Å². The molecule has 0 aliphatic heterocycles. The lowest BCUT2D eigenvalue weighted by Crippen LogP contribution is -2.40. The quantitative estimate of drug-likeness (QED) is 0.411. The zero-order chi connectivity index (χ0) is 15.4. The van der Waals surface area contributed by atoms with Crippen LogP contribution in [0.15, 0.2) is 12.2 Å². The number of rotatable bonds is 10. The molecule has 7 nitrogen and oxygen atoms in total. The fourth-order valence-corrected chi connectivity index (χ4v) is 1.28. The second-order valence-corrected chi connectivity index (χ2v) is 4.41. The normalized spacial score (nSPS) is 9.85. The molecule has 0 aliphatic rings. The molecule has 3 amide bonds. The summed E-state index contributed by atoms with van der Waals surface area (Å²) in [6, 6.07) is -0.577. The summed E-state index contributed by atoms with van der Waals surface area (Å²) in [6.07, 6.45) is 1.01. The van der Waals surface area contributed by atoms with Crippen molar-refractivity contribution in [2.45, 2.75) is 32.6 Å². The van der Waals surface area contributed by atoms with E-state index in [-0.39, 0.29) is 12.8 Å². The van der Waals surface area contributed by atoms with E-state index in [1.54, 1.807) is 0 Å². The first-order valence-corrected chi connectivity index (χ1v) is 6.43. The lowest BCUT2D eigenvalue weighted by molar-refractivity contribution is -0.137. The monoisotopic (exact) mass is 286 g/mol. The fraction of sp³-hybridized carbons (Fsp3) is 0.615. The molecule has 0 spiro atoms. The summed E-state index contributed by atoms with van der Waals surface area (Å²) in [7, 11) is 0. The zero-order valence-corrected chi connectivity index (χ0v) is 11.7. The first-order chi connectivity index (χ1) is 9.41. The number of nitrogens with one attached hydrogen (secondary N) is 2. The number of urea groups is 1. The molecule has 0 atom stereocenters. The molecule has 0 radical (unpaired) electrons. The Morgan fingerprint density at radius 2 is 1.85 bits per heavy atom. The minimum Gasteiger partial charge on any atom is -0.481 e. The van der Waals surface area contributed by atoms with E-state index >= 15 is 0 Å². The Labute approximate surface area is 118 Å². The zero-order valence-electron chi connectivity index (χ0n) is 11.7. The molecule has 0 bridgehead atoms. The van der Waals surface area contributed by atoms with Gasteiger partial charge in [-0.1, -0.05) is 12.2 Å². The molecular weight excluding hydrogens is 264 g/mol. The topological polar surface area (TPSA) is 105 Å². The Kier molecular flexibility index (Phi) is 9.94. The van der Waals surface area contributed by atoms with Crippen molar-refractivity contribution in [3.05, 3.63) is 12.2 Å². The van der Waals surface area contributed by atoms with Crippen molar-refractivity contribution in [1.29, 1.82) is 0 Å². The maximum Gasteiger partial charge on any atom is 0.321 e. The molecule has 3 N–H and O–H groups in total. The average molecular weight is 286 g/mol. The minimum absolute atomic E-state index is 0.0273. The number of carbonyl (C=O) groups is 3. The first kappa shape index (κ1) is 18.1. The number of aliphatic carboxylic acids is 1. The Morgan fingerprint density at radius 1 is 1.20 bits per heavy atom. The van der Waals surface area contributed by atoms with Crippen LogP contribution in [-0.4, -0.2) is 42.8 Å². The number of imide groups is 1. The van der Waals surface area contributed by atoms with Crippen LogP contribution in [0.1, 0.15) is 32.6 Å². The summed E-state index contributed by atoms with van der Waals surface area (Å²) in [6.45, 7) is 6.58. The fourth-order valence-electron chi connectivity index (χ4n) is 1.28. The lowest BCUT2D eigenvalue weighted by Gasteiger charge is -2.07. The molecule has 0 aliphatic carbocycles. The lowest BCUT2D eigenvalue weighted by atomic mass is 10.2. The SMILES string of the molecule is C=C(C)COCCNC(=O)NC(=O)CCCCC(=O)O. The predicted octanol–water partition coefficient (Wildman–Crippen LogP) is 1.05. The second kappa shape index (κ2) is 11.0. The molecule has 0 heterocycles. The van der Waals surface area contributed by atoms with Gasteiger partial charge in [0, 0.05) is 19.4 Å².